The monoisotopic (exact) mass is 214 g/mol. The normalized spacial score (nSPS) is 20.4. The average molecular weight is 215 g/mol. The van der Waals surface area contributed by atoms with Gasteiger partial charge in [-0.15, -0.1) is 17.0 Å². The van der Waals surface area contributed by atoms with Crippen LogP contribution in [0.1, 0.15) is 6.42 Å². The minimum Gasteiger partial charge on any atom is -0.333 e. The van der Waals surface area contributed by atoms with Gasteiger partial charge in [-0.25, -0.2) is 0 Å². The molecule has 0 aromatic heterocycles. The Kier molecular flexibility index (Phi) is 2.88. The van der Waals surface area contributed by atoms with Crippen LogP contribution < -0.4 is 0 Å². The third-order valence-corrected chi connectivity index (χ3v) is 1.75. The van der Waals surface area contributed by atoms with Crippen LogP contribution in [0.2, 0.25) is 0 Å². The molecule has 2 rings (SSSR count). The van der Waals surface area contributed by atoms with E-state index in [1.165, 1.54) is 6.42 Å². The molecule has 3 heteroatoms. The Labute approximate surface area is 77.1 Å². The summed E-state index contributed by atoms with van der Waals surface area (Å²) in [6.45, 7) is 2.11. The predicted molar refractivity (Wildman–Crippen MR) is 52.2 cm³/mol. The number of hydrogen-bond acceptors (Lipinski definition) is 2. The summed E-state index contributed by atoms with van der Waals surface area (Å²) in [7, 11) is 0. The highest BCUT2D eigenvalue weighted by atomic mass is 79.9. The van der Waals surface area contributed by atoms with Gasteiger partial charge in [-0.1, -0.05) is 6.08 Å². The van der Waals surface area contributed by atoms with Gasteiger partial charge in [0.2, 0.25) is 0 Å². The van der Waals surface area contributed by atoms with E-state index in [4.69, 9.17) is 0 Å². The van der Waals surface area contributed by atoms with Crippen LogP contribution in [0.3, 0.4) is 0 Å². The molecule has 0 spiro atoms. The Hall–Kier alpha value is -0.570. The Morgan fingerprint density at radius 3 is 3.09 bits per heavy atom. The largest absolute Gasteiger partial charge is 0.333 e. The van der Waals surface area contributed by atoms with Gasteiger partial charge in [0.1, 0.15) is 5.84 Å². The molecule has 0 aromatic rings. The number of allylic oxidation sites excluding steroid dienone is 2. The molecule has 0 saturated heterocycles. The second-order valence-corrected chi connectivity index (χ2v) is 2.49. The zero-order chi connectivity index (χ0) is 6.81. The number of rotatable bonds is 0. The van der Waals surface area contributed by atoms with Crippen LogP contribution >= 0.6 is 17.0 Å². The van der Waals surface area contributed by atoms with Crippen molar-refractivity contribution in [2.75, 3.05) is 13.1 Å². The maximum absolute atomic E-state index is 4.36. The lowest BCUT2D eigenvalue weighted by molar-refractivity contribution is 0.509. The van der Waals surface area contributed by atoms with Crippen LogP contribution in [0, 0.1) is 0 Å². The molecule has 0 amide bonds. The fourth-order valence-electron chi connectivity index (χ4n) is 1.23. The van der Waals surface area contributed by atoms with Gasteiger partial charge in [0, 0.05) is 19.3 Å². The molecule has 0 radical (unpaired) electrons. The minimum absolute atomic E-state index is 0. The number of amidine groups is 1. The van der Waals surface area contributed by atoms with E-state index in [1.807, 2.05) is 12.2 Å². The number of nitrogens with zero attached hydrogens (tertiary/aromatic N) is 2. The molecule has 0 aromatic carbocycles. The van der Waals surface area contributed by atoms with E-state index in [9.17, 15) is 0 Å². The molecule has 60 valence electrons. The topological polar surface area (TPSA) is 15.6 Å². The maximum Gasteiger partial charge on any atom is 0.127 e. The Bertz CT molecular complexity index is 218. The van der Waals surface area contributed by atoms with E-state index in [-0.39, 0.29) is 17.0 Å². The van der Waals surface area contributed by atoms with Crippen LogP contribution in [0.5, 0.6) is 0 Å². The number of halogens is 1. The van der Waals surface area contributed by atoms with Gasteiger partial charge in [-0.05, 0) is 18.6 Å². The highest BCUT2D eigenvalue weighted by Crippen LogP contribution is 2.07. The lowest BCUT2D eigenvalue weighted by Crippen LogP contribution is -2.30. The standard InChI is InChI=1S/C8H10N2.BrH/c1-2-6-10-7-3-5-9-8(10)4-1;/h1-2,4,6H,3,5,7H2;1H. The second kappa shape index (κ2) is 3.72. The predicted octanol–water partition coefficient (Wildman–Crippen LogP) is 1.75. The average Bonchev–Trinajstić information content (AvgIpc) is 2.05. The van der Waals surface area contributed by atoms with E-state index in [0.717, 1.165) is 18.9 Å². The Morgan fingerprint density at radius 1 is 1.36 bits per heavy atom. The maximum atomic E-state index is 4.36. The number of aliphatic imine (C=N–C) groups is 1. The summed E-state index contributed by atoms with van der Waals surface area (Å²) in [5.41, 5.74) is 0. The first kappa shape index (κ1) is 8.53. The van der Waals surface area contributed by atoms with Gasteiger partial charge < -0.3 is 4.90 Å². The van der Waals surface area contributed by atoms with Crippen LogP contribution in [0.4, 0.5) is 0 Å². The molecular weight excluding hydrogens is 204 g/mol. The smallest absolute Gasteiger partial charge is 0.127 e. The summed E-state index contributed by atoms with van der Waals surface area (Å²) in [6.07, 6.45) is 9.39. The zero-order valence-electron chi connectivity index (χ0n) is 6.23. The second-order valence-electron chi connectivity index (χ2n) is 2.49. The fraction of sp³-hybridized carbons (Fsp3) is 0.375. The highest BCUT2D eigenvalue weighted by molar-refractivity contribution is 8.93. The summed E-state index contributed by atoms with van der Waals surface area (Å²) >= 11 is 0. The molecule has 2 aliphatic rings. The van der Waals surface area contributed by atoms with Crippen LogP contribution in [0.25, 0.3) is 0 Å². The third-order valence-electron chi connectivity index (χ3n) is 1.75. The molecule has 0 unspecified atom stereocenters. The molecule has 2 nitrogen and oxygen atoms in total. The molecule has 0 aliphatic carbocycles. The van der Waals surface area contributed by atoms with Crippen molar-refractivity contribution in [2.24, 2.45) is 4.99 Å². The van der Waals surface area contributed by atoms with Gasteiger partial charge in [0.05, 0.1) is 0 Å². The van der Waals surface area contributed by atoms with Crippen molar-refractivity contribution in [1.29, 1.82) is 0 Å². The van der Waals surface area contributed by atoms with E-state index in [0.29, 0.717) is 0 Å². The SMILES string of the molecule is Br.C1=CC2=NCCCN2C=C1. The molecular formula is C8H11BrN2. The van der Waals surface area contributed by atoms with E-state index in [1.54, 1.807) is 0 Å². The van der Waals surface area contributed by atoms with Gasteiger partial charge >= 0.3 is 0 Å². The minimum atomic E-state index is 0. The van der Waals surface area contributed by atoms with Crippen molar-refractivity contribution in [1.82, 2.24) is 4.90 Å². The van der Waals surface area contributed by atoms with Gasteiger partial charge in [-0.2, -0.15) is 0 Å². The lowest BCUT2D eigenvalue weighted by atomic mass is 10.2. The summed E-state index contributed by atoms with van der Waals surface area (Å²) < 4.78 is 0. The zero-order valence-corrected chi connectivity index (χ0v) is 7.95. The fourth-order valence-corrected chi connectivity index (χ4v) is 1.23. The van der Waals surface area contributed by atoms with Crippen molar-refractivity contribution in [3.63, 3.8) is 0 Å². The lowest BCUT2D eigenvalue weighted by Gasteiger charge is -2.25. The molecule has 0 atom stereocenters. The summed E-state index contributed by atoms with van der Waals surface area (Å²) in [6, 6.07) is 0. The van der Waals surface area contributed by atoms with Crippen molar-refractivity contribution < 1.29 is 0 Å². The molecule has 0 saturated carbocycles. The van der Waals surface area contributed by atoms with Crippen molar-refractivity contribution in [2.45, 2.75) is 6.42 Å². The first-order valence-electron chi connectivity index (χ1n) is 3.63. The molecule has 2 aliphatic heterocycles. The van der Waals surface area contributed by atoms with Crippen molar-refractivity contribution in [3.05, 3.63) is 24.4 Å². The number of hydrogen-bond donors (Lipinski definition) is 0. The Morgan fingerprint density at radius 2 is 2.27 bits per heavy atom. The van der Waals surface area contributed by atoms with Crippen LogP contribution in [-0.4, -0.2) is 23.8 Å². The molecule has 0 fully saturated rings. The summed E-state index contributed by atoms with van der Waals surface area (Å²) in [4.78, 5) is 6.54. The number of fused-ring (bicyclic) bond motifs is 1. The van der Waals surface area contributed by atoms with E-state index < -0.39 is 0 Å². The van der Waals surface area contributed by atoms with Crippen molar-refractivity contribution in [3.8, 4) is 0 Å². The first-order chi connectivity index (χ1) is 4.97. The van der Waals surface area contributed by atoms with Crippen LogP contribution in [-0.2, 0) is 0 Å². The Balaban J connectivity index is 0.000000605. The molecule has 2 heterocycles. The van der Waals surface area contributed by atoms with Gasteiger partial charge in [0.25, 0.3) is 0 Å². The van der Waals surface area contributed by atoms with Gasteiger partial charge in [-0.3, -0.25) is 4.99 Å². The molecule has 11 heavy (non-hydrogen) atoms. The summed E-state index contributed by atoms with van der Waals surface area (Å²) in [5, 5.41) is 0. The molecule has 0 bridgehead atoms. The van der Waals surface area contributed by atoms with Crippen molar-refractivity contribution >= 4 is 22.8 Å². The van der Waals surface area contributed by atoms with Gasteiger partial charge in [0.15, 0.2) is 0 Å². The van der Waals surface area contributed by atoms with Crippen LogP contribution in [0.15, 0.2) is 29.4 Å². The molecule has 0 N–H and O–H groups in total. The van der Waals surface area contributed by atoms with E-state index in [2.05, 4.69) is 22.2 Å². The summed E-state index contributed by atoms with van der Waals surface area (Å²) in [5.74, 6) is 1.12. The third kappa shape index (κ3) is 1.71. The highest BCUT2D eigenvalue weighted by Gasteiger charge is 2.10. The van der Waals surface area contributed by atoms with E-state index >= 15 is 0 Å². The first-order valence-corrected chi connectivity index (χ1v) is 3.63. The quantitative estimate of drug-likeness (QED) is 0.601.